The van der Waals surface area contributed by atoms with E-state index < -0.39 is 22.8 Å². The maximum absolute atomic E-state index is 15.4. The topological polar surface area (TPSA) is 81.7 Å². The van der Waals surface area contributed by atoms with Gasteiger partial charge in [-0.15, -0.1) is 0 Å². The van der Waals surface area contributed by atoms with Gasteiger partial charge in [0.05, 0.1) is 27.9 Å². The van der Waals surface area contributed by atoms with Crippen LogP contribution in [0.15, 0.2) is 36.4 Å². The molecule has 2 aliphatic carbocycles. The molecule has 3 fully saturated rings. The first-order valence-corrected chi connectivity index (χ1v) is 14.8. The minimum absolute atomic E-state index is 0.0492. The van der Waals surface area contributed by atoms with Gasteiger partial charge in [-0.05, 0) is 75.1 Å². The third kappa shape index (κ3) is 4.19. The summed E-state index contributed by atoms with van der Waals surface area (Å²) in [5.74, 6) is -0.742. The Morgan fingerprint density at radius 1 is 1.03 bits per heavy atom. The van der Waals surface area contributed by atoms with Crippen LogP contribution in [-0.2, 0) is 15.0 Å². The van der Waals surface area contributed by atoms with E-state index in [1.54, 1.807) is 30.3 Å². The van der Waals surface area contributed by atoms with Crippen molar-refractivity contribution in [3.05, 3.63) is 57.8 Å². The van der Waals surface area contributed by atoms with Crippen LogP contribution >= 0.6 is 23.2 Å². The van der Waals surface area contributed by atoms with Crippen molar-refractivity contribution in [2.75, 3.05) is 11.5 Å². The number of hydrogen-bond donors (Lipinski definition) is 3. The monoisotopic (exact) mass is 573 g/mol. The molecule has 0 bridgehead atoms. The van der Waals surface area contributed by atoms with Crippen LogP contribution in [0.5, 0.6) is 0 Å². The Labute approximate surface area is 238 Å². The summed E-state index contributed by atoms with van der Waals surface area (Å²) in [7, 11) is 0. The molecule has 2 heterocycles. The van der Waals surface area contributed by atoms with Crippen molar-refractivity contribution in [2.24, 2.45) is 5.92 Å². The molecular weight excluding hydrogens is 540 g/mol. The normalized spacial score (nSPS) is 29.7. The van der Waals surface area contributed by atoms with Crippen LogP contribution in [-0.4, -0.2) is 41.2 Å². The van der Waals surface area contributed by atoms with Gasteiger partial charge in [0.2, 0.25) is 11.8 Å². The van der Waals surface area contributed by atoms with Gasteiger partial charge in [-0.25, -0.2) is 4.39 Å². The minimum Gasteiger partial charge on any atom is -0.396 e. The van der Waals surface area contributed by atoms with Crippen LogP contribution in [0.3, 0.4) is 0 Å². The fourth-order valence-electron chi connectivity index (χ4n) is 7.75. The number of amides is 2. The van der Waals surface area contributed by atoms with Gasteiger partial charge in [0.25, 0.3) is 0 Å². The van der Waals surface area contributed by atoms with Gasteiger partial charge in [-0.1, -0.05) is 54.6 Å². The Kier molecular flexibility index (Phi) is 7.15. The fraction of sp³-hybridized carbons (Fsp3) is 0.533. The molecule has 2 amide bonds. The molecule has 2 unspecified atom stereocenters. The largest absolute Gasteiger partial charge is 0.396 e. The molecule has 1 saturated heterocycles. The van der Waals surface area contributed by atoms with E-state index in [0.29, 0.717) is 22.2 Å². The average molecular weight is 575 g/mol. The molecule has 0 aromatic heterocycles. The Morgan fingerprint density at radius 2 is 1.69 bits per heavy atom. The average Bonchev–Trinajstić information content (AvgIpc) is 3.40. The van der Waals surface area contributed by atoms with Crippen molar-refractivity contribution in [1.82, 2.24) is 10.6 Å². The molecule has 39 heavy (non-hydrogen) atoms. The lowest BCUT2D eigenvalue weighted by Crippen LogP contribution is -2.60. The smallest absolute Gasteiger partial charge is 0.244 e. The molecule has 2 saturated carbocycles. The molecule has 2 atom stereocenters. The summed E-state index contributed by atoms with van der Waals surface area (Å²) in [6.45, 7) is 0.182. The number of aliphatic hydroxyl groups is 1. The Bertz CT molecular complexity index is 1290. The van der Waals surface area contributed by atoms with Crippen molar-refractivity contribution in [3.63, 3.8) is 0 Å². The summed E-state index contributed by atoms with van der Waals surface area (Å²) >= 11 is 13.0. The third-order valence-electron chi connectivity index (χ3n) is 9.65. The van der Waals surface area contributed by atoms with E-state index in [1.165, 1.54) is 11.0 Å². The van der Waals surface area contributed by atoms with Gasteiger partial charge in [0, 0.05) is 28.8 Å². The van der Waals surface area contributed by atoms with Gasteiger partial charge >= 0.3 is 0 Å². The van der Waals surface area contributed by atoms with Crippen LogP contribution in [0, 0.1) is 11.7 Å². The van der Waals surface area contributed by atoms with Crippen molar-refractivity contribution in [2.45, 2.75) is 87.2 Å². The van der Waals surface area contributed by atoms with E-state index in [1.807, 2.05) is 0 Å². The van der Waals surface area contributed by atoms with Crippen molar-refractivity contribution in [3.8, 4) is 0 Å². The number of fused-ring (bicyclic) bond motifs is 3. The minimum atomic E-state index is -1.12. The number of anilines is 2. The first kappa shape index (κ1) is 27.0. The zero-order valence-corrected chi connectivity index (χ0v) is 23.3. The highest BCUT2D eigenvalue weighted by molar-refractivity contribution is 6.34. The molecule has 9 heteroatoms. The number of rotatable bonds is 4. The van der Waals surface area contributed by atoms with Crippen LogP contribution < -0.4 is 15.5 Å². The SMILES string of the molecule is O=C(NC1CCC(CO)CC1)C1CC2(C(=O)N(c3cccc(Cl)c3F)c3cccc(Cl)c32)C2(CCCCC2)N1. The van der Waals surface area contributed by atoms with Crippen LogP contribution in [0.4, 0.5) is 15.8 Å². The number of aliphatic hydroxyl groups excluding tert-OH is 1. The number of nitrogens with one attached hydrogen (secondary N) is 2. The number of carbonyl (C=O) groups excluding carboxylic acids is 2. The molecular formula is C30H34Cl2FN3O3. The quantitative estimate of drug-likeness (QED) is 0.433. The standard InChI is InChI=1S/C30H34Cl2FN3O3/c31-20-6-4-8-23-25(20)30(28(39)36(23)24-9-5-7-21(32)26(24)33)16-22(35-29(30)14-2-1-3-15-29)27(38)34-19-12-10-18(17-37)11-13-19/h4-9,18-19,22,35,37H,1-3,10-17H2,(H,34,38). The van der Waals surface area contributed by atoms with Crippen LogP contribution in [0.2, 0.25) is 10.0 Å². The van der Waals surface area contributed by atoms with Gasteiger partial charge in [-0.2, -0.15) is 0 Å². The lowest BCUT2D eigenvalue weighted by molar-refractivity contribution is -0.125. The molecule has 2 spiro atoms. The second-order valence-electron chi connectivity index (χ2n) is 11.7. The second kappa shape index (κ2) is 10.3. The van der Waals surface area contributed by atoms with Gasteiger partial charge in [0.15, 0.2) is 5.82 Å². The lowest BCUT2D eigenvalue weighted by Gasteiger charge is -2.45. The van der Waals surface area contributed by atoms with E-state index in [9.17, 15) is 14.7 Å². The fourth-order valence-corrected chi connectivity index (χ4v) is 8.25. The predicted molar refractivity (Wildman–Crippen MR) is 150 cm³/mol. The number of halogens is 3. The highest BCUT2D eigenvalue weighted by Crippen LogP contribution is 2.61. The Morgan fingerprint density at radius 3 is 2.38 bits per heavy atom. The lowest BCUT2D eigenvalue weighted by atomic mass is 9.60. The zero-order chi connectivity index (χ0) is 27.4. The molecule has 6 rings (SSSR count). The molecule has 2 aromatic carbocycles. The van der Waals surface area contributed by atoms with E-state index in [2.05, 4.69) is 10.6 Å². The van der Waals surface area contributed by atoms with E-state index >= 15 is 4.39 Å². The van der Waals surface area contributed by atoms with Gasteiger partial charge < -0.3 is 10.4 Å². The van der Waals surface area contributed by atoms with Crippen LogP contribution in [0.1, 0.15) is 69.8 Å². The first-order chi connectivity index (χ1) is 18.8. The molecule has 0 radical (unpaired) electrons. The highest BCUT2D eigenvalue weighted by Gasteiger charge is 2.69. The Hall–Kier alpha value is -2.19. The molecule has 6 nitrogen and oxygen atoms in total. The third-order valence-corrected chi connectivity index (χ3v) is 10.3. The maximum Gasteiger partial charge on any atom is 0.244 e. The molecule has 2 aromatic rings. The number of benzene rings is 2. The first-order valence-electron chi connectivity index (χ1n) is 14.1. The van der Waals surface area contributed by atoms with E-state index in [0.717, 1.165) is 57.8 Å². The number of carbonyl (C=O) groups is 2. The summed E-state index contributed by atoms with van der Waals surface area (Å²) < 4.78 is 15.4. The Balaban J connectivity index is 1.41. The summed E-state index contributed by atoms with van der Waals surface area (Å²) in [6.07, 6.45) is 8.02. The van der Waals surface area contributed by atoms with Crippen molar-refractivity contribution >= 4 is 46.4 Å². The second-order valence-corrected chi connectivity index (χ2v) is 12.5. The highest BCUT2D eigenvalue weighted by atomic mass is 35.5. The summed E-state index contributed by atoms with van der Waals surface area (Å²) in [5.41, 5.74) is -0.491. The number of nitrogens with zero attached hydrogens (tertiary/aromatic N) is 1. The molecule has 4 aliphatic rings. The zero-order valence-electron chi connectivity index (χ0n) is 21.8. The maximum atomic E-state index is 15.4. The van der Waals surface area contributed by atoms with E-state index in [4.69, 9.17) is 23.2 Å². The predicted octanol–water partition coefficient (Wildman–Crippen LogP) is 5.78. The molecule has 208 valence electrons. The van der Waals surface area contributed by atoms with Gasteiger partial charge in [0.1, 0.15) is 0 Å². The summed E-state index contributed by atoms with van der Waals surface area (Å²) in [5, 5.41) is 16.8. The van der Waals surface area contributed by atoms with Crippen molar-refractivity contribution < 1.29 is 19.1 Å². The summed E-state index contributed by atoms with van der Waals surface area (Å²) in [6, 6.07) is 9.47. The molecule has 3 N–H and O–H groups in total. The van der Waals surface area contributed by atoms with Crippen molar-refractivity contribution in [1.29, 1.82) is 0 Å². The van der Waals surface area contributed by atoms with Crippen LogP contribution in [0.25, 0.3) is 0 Å². The van der Waals surface area contributed by atoms with Gasteiger partial charge in [-0.3, -0.25) is 19.8 Å². The number of hydrogen-bond acceptors (Lipinski definition) is 4. The van der Waals surface area contributed by atoms with E-state index in [-0.39, 0.29) is 41.6 Å². The summed E-state index contributed by atoms with van der Waals surface area (Å²) in [4.78, 5) is 29.9. The molecule has 2 aliphatic heterocycles.